The number of fused-ring (bicyclic) bond motifs is 1. The number of benzene rings is 1. The summed E-state index contributed by atoms with van der Waals surface area (Å²) in [6, 6.07) is 6.36. The average Bonchev–Trinajstić information content (AvgIpc) is 3.05. The Balaban J connectivity index is 1.97. The summed E-state index contributed by atoms with van der Waals surface area (Å²) < 4.78 is 12.5. The van der Waals surface area contributed by atoms with Gasteiger partial charge in [-0.3, -0.25) is 0 Å². The molecule has 0 spiro atoms. The predicted molar refractivity (Wildman–Crippen MR) is 84.6 cm³/mol. The first-order chi connectivity index (χ1) is 10.4. The van der Waals surface area contributed by atoms with Gasteiger partial charge >= 0.3 is 0 Å². The van der Waals surface area contributed by atoms with Gasteiger partial charge < -0.3 is 14.6 Å². The van der Waals surface area contributed by atoms with Crippen molar-refractivity contribution in [3.63, 3.8) is 0 Å². The zero-order valence-corrected chi connectivity index (χ0v) is 14.1. The maximum atomic E-state index is 11.4. The van der Waals surface area contributed by atoms with Crippen LogP contribution in [0, 0.1) is 0 Å². The number of aromatic nitrogens is 3. The molecule has 3 rings (SSSR count). The van der Waals surface area contributed by atoms with E-state index in [1.54, 1.807) is 11.0 Å². The second-order valence-electron chi connectivity index (χ2n) is 6.93. The van der Waals surface area contributed by atoms with E-state index in [-0.39, 0.29) is 6.79 Å². The molecule has 118 valence electrons. The van der Waals surface area contributed by atoms with E-state index in [0.717, 1.165) is 17.4 Å². The van der Waals surface area contributed by atoms with Crippen LogP contribution >= 0.6 is 0 Å². The van der Waals surface area contributed by atoms with E-state index in [1.165, 1.54) is 6.33 Å². The lowest BCUT2D eigenvalue weighted by atomic mass is 9.95. The van der Waals surface area contributed by atoms with Crippen LogP contribution in [-0.4, -0.2) is 34.7 Å². The largest absolute Gasteiger partial charge is 0.454 e. The van der Waals surface area contributed by atoms with Gasteiger partial charge in [-0.1, -0.05) is 25.7 Å². The van der Waals surface area contributed by atoms with Gasteiger partial charge in [0.2, 0.25) is 6.79 Å². The first-order valence-corrected chi connectivity index (χ1v) is 11.0. The number of hydrogen-bond acceptors (Lipinski definition) is 5. The van der Waals surface area contributed by atoms with Crippen LogP contribution in [0.25, 0.3) is 0 Å². The van der Waals surface area contributed by atoms with E-state index >= 15 is 0 Å². The molecule has 0 radical (unpaired) electrons. The molecule has 1 atom stereocenters. The monoisotopic (exact) mass is 319 g/mol. The zero-order chi connectivity index (χ0) is 15.8. The molecular formula is C15H21N3O3Si. The number of nitrogens with zero attached hydrogens (tertiary/aromatic N) is 3. The molecule has 6 nitrogen and oxygen atoms in total. The van der Waals surface area contributed by atoms with Crippen LogP contribution in [-0.2, 0) is 12.1 Å². The van der Waals surface area contributed by atoms with E-state index < -0.39 is 13.7 Å². The van der Waals surface area contributed by atoms with E-state index in [2.05, 4.69) is 29.7 Å². The standard InChI is InChI=1S/C15H21N3O3Si/c1-22(2,3)8-15(19,7-18-10-16-9-17-18)12-4-5-13-14(6-12)21-11-20-13/h4-6,9-10,19H,7-8,11H2,1-3H3. The first kappa shape index (κ1) is 15.0. The van der Waals surface area contributed by atoms with E-state index in [0.29, 0.717) is 12.3 Å². The highest BCUT2D eigenvalue weighted by Crippen LogP contribution is 2.39. The van der Waals surface area contributed by atoms with Crippen LogP contribution in [0.1, 0.15) is 5.56 Å². The molecule has 1 N–H and O–H groups in total. The van der Waals surface area contributed by atoms with Crippen molar-refractivity contribution in [1.29, 1.82) is 0 Å². The van der Waals surface area contributed by atoms with Gasteiger partial charge in [0.1, 0.15) is 18.3 Å². The summed E-state index contributed by atoms with van der Waals surface area (Å²) in [4.78, 5) is 3.96. The highest BCUT2D eigenvalue weighted by atomic mass is 28.3. The molecule has 1 aromatic carbocycles. The van der Waals surface area contributed by atoms with Gasteiger partial charge in [0, 0.05) is 8.07 Å². The molecule has 0 aliphatic carbocycles. The summed E-state index contributed by atoms with van der Waals surface area (Å²) in [5.41, 5.74) is -0.172. The fourth-order valence-electron chi connectivity index (χ4n) is 2.89. The minimum Gasteiger partial charge on any atom is -0.454 e. The van der Waals surface area contributed by atoms with Crippen molar-refractivity contribution >= 4 is 8.07 Å². The molecule has 0 saturated heterocycles. The van der Waals surface area contributed by atoms with Crippen molar-refractivity contribution in [2.45, 2.75) is 37.8 Å². The molecule has 1 aliphatic rings. The molecule has 2 heterocycles. The lowest BCUT2D eigenvalue weighted by Gasteiger charge is -2.34. The van der Waals surface area contributed by atoms with Crippen molar-refractivity contribution in [2.75, 3.05) is 6.79 Å². The highest BCUT2D eigenvalue weighted by Gasteiger charge is 2.36. The molecule has 1 aliphatic heterocycles. The quantitative estimate of drug-likeness (QED) is 0.856. The average molecular weight is 319 g/mol. The molecule has 0 bridgehead atoms. The van der Waals surface area contributed by atoms with Gasteiger partial charge in [-0.05, 0) is 23.7 Å². The molecule has 22 heavy (non-hydrogen) atoms. The van der Waals surface area contributed by atoms with Gasteiger partial charge in [0.15, 0.2) is 11.5 Å². The Morgan fingerprint density at radius 2 is 2.05 bits per heavy atom. The van der Waals surface area contributed by atoms with Crippen LogP contribution in [0.4, 0.5) is 0 Å². The number of aliphatic hydroxyl groups is 1. The van der Waals surface area contributed by atoms with E-state index in [4.69, 9.17) is 9.47 Å². The summed E-state index contributed by atoms with van der Waals surface area (Å²) in [5.74, 6) is 1.41. The Bertz CT molecular complexity index is 655. The predicted octanol–water partition coefficient (Wildman–Crippen LogP) is 2.23. The van der Waals surface area contributed by atoms with Crippen molar-refractivity contribution < 1.29 is 14.6 Å². The summed E-state index contributed by atoms with van der Waals surface area (Å²) in [6.07, 6.45) is 3.11. The topological polar surface area (TPSA) is 69.4 Å². The van der Waals surface area contributed by atoms with Gasteiger partial charge in [0.05, 0.1) is 6.54 Å². The Labute approximate surface area is 130 Å². The maximum Gasteiger partial charge on any atom is 0.231 e. The van der Waals surface area contributed by atoms with E-state index in [9.17, 15) is 5.11 Å². The fraction of sp³-hybridized carbons (Fsp3) is 0.467. The molecule has 0 amide bonds. The summed E-state index contributed by atoms with van der Waals surface area (Å²) in [7, 11) is -1.52. The first-order valence-electron chi connectivity index (χ1n) is 7.31. The van der Waals surface area contributed by atoms with Crippen molar-refractivity contribution in [3.8, 4) is 11.5 Å². The Hall–Kier alpha value is -1.86. The van der Waals surface area contributed by atoms with Crippen molar-refractivity contribution in [3.05, 3.63) is 36.4 Å². The fourth-order valence-corrected chi connectivity index (χ4v) is 4.97. The lowest BCUT2D eigenvalue weighted by Crippen LogP contribution is -2.39. The molecule has 1 unspecified atom stereocenters. The van der Waals surface area contributed by atoms with Crippen LogP contribution in [0.5, 0.6) is 11.5 Å². The molecule has 7 heteroatoms. The van der Waals surface area contributed by atoms with Gasteiger partial charge in [-0.25, -0.2) is 9.67 Å². The molecule has 0 fully saturated rings. The minimum atomic E-state index is -1.52. The second kappa shape index (κ2) is 5.40. The van der Waals surface area contributed by atoms with Gasteiger partial charge in [-0.15, -0.1) is 0 Å². The van der Waals surface area contributed by atoms with Crippen LogP contribution in [0.3, 0.4) is 0 Å². The third-order valence-corrected chi connectivity index (χ3v) is 5.27. The molecule has 1 aromatic heterocycles. The number of ether oxygens (including phenoxy) is 2. The molecular weight excluding hydrogens is 298 g/mol. The summed E-state index contributed by atoms with van der Waals surface area (Å²) in [6.45, 7) is 7.33. The highest BCUT2D eigenvalue weighted by molar-refractivity contribution is 6.76. The lowest BCUT2D eigenvalue weighted by molar-refractivity contribution is 0.0330. The van der Waals surface area contributed by atoms with Crippen LogP contribution in [0.2, 0.25) is 25.7 Å². The van der Waals surface area contributed by atoms with Crippen molar-refractivity contribution in [2.24, 2.45) is 0 Å². The maximum absolute atomic E-state index is 11.4. The third-order valence-electron chi connectivity index (χ3n) is 3.62. The van der Waals surface area contributed by atoms with Crippen molar-refractivity contribution in [1.82, 2.24) is 14.8 Å². The third kappa shape index (κ3) is 3.15. The Morgan fingerprint density at radius 1 is 1.27 bits per heavy atom. The Kier molecular flexibility index (Phi) is 3.70. The zero-order valence-electron chi connectivity index (χ0n) is 13.1. The number of hydrogen-bond donors (Lipinski definition) is 1. The Morgan fingerprint density at radius 3 is 2.73 bits per heavy atom. The molecule has 2 aromatic rings. The normalized spacial score (nSPS) is 16.5. The van der Waals surface area contributed by atoms with Gasteiger partial charge in [-0.2, -0.15) is 5.10 Å². The summed E-state index contributed by atoms with van der Waals surface area (Å²) >= 11 is 0. The summed E-state index contributed by atoms with van der Waals surface area (Å²) in [5, 5.41) is 15.5. The number of rotatable bonds is 5. The smallest absolute Gasteiger partial charge is 0.231 e. The van der Waals surface area contributed by atoms with E-state index in [1.807, 2.05) is 18.2 Å². The molecule has 0 saturated carbocycles. The SMILES string of the molecule is C[Si](C)(C)CC(O)(Cn1cncn1)c1ccc2c(c1)OCO2. The van der Waals surface area contributed by atoms with Gasteiger partial charge in [0.25, 0.3) is 0 Å². The minimum absolute atomic E-state index is 0.230. The van der Waals surface area contributed by atoms with Crippen LogP contribution < -0.4 is 9.47 Å². The van der Waals surface area contributed by atoms with Crippen LogP contribution in [0.15, 0.2) is 30.9 Å². The second-order valence-corrected chi connectivity index (χ2v) is 12.4.